The lowest BCUT2D eigenvalue weighted by Gasteiger charge is -2.39. The van der Waals surface area contributed by atoms with Crippen molar-refractivity contribution in [3.8, 4) is 11.4 Å². The highest BCUT2D eigenvalue weighted by atomic mass is 32.2. The van der Waals surface area contributed by atoms with Crippen LogP contribution in [0.15, 0.2) is 34.9 Å². The second kappa shape index (κ2) is 7.57. The SMILES string of the molecule is C[C@@H]1CCC[C@@H](C)N1C(=O)CS(=O)(=O)Cc1nc(-c2ccccc2)no1. The van der Waals surface area contributed by atoms with Crippen molar-refractivity contribution in [3.63, 3.8) is 0 Å². The van der Waals surface area contributed by atoms with Crippen molar-refractivity contribution in [1.82, 2.24) is 15.0 Å². The molecule has 0 unspecified atom stereocenters. The van der Waals surface area contributed by atoms with Crippen LogP contribution in [-0.4, -0.2) is 47.2 Å². The van der Waals surface area contributed by atoms with Crippen LogP contribution in [0.5, 0.6) is 0 Å². The van der Waals surface area contributed by atoms with Crippen molar-refractivity contribution >= 4 is 15.7 Å². The van der Waals surface area contributed by atoms with Gasteiger partial charge in [0.05, 0.1) is 0 Å². The number of hydrogen-bond acceptors (Lipinski definition) is 6. The Kier molecular flexibility index (Phi) is 5.41. The van der Waals surface area contributed by atoms with Crippen molar-refractivity contribution in [3.05, 3.63) is 36.2 Å². The zero-order chi connectivity index (χ0) is 18.7. The minimum Gasteiger partial charge on any atom is -0.338 e. The molecule has 8 heteroatoms. The molecular weight excluding hydrogens is 354 g/mol. The molecule has 0 N–H and O–H groups in total. The van der Waals surface area contributed by atoms with Crippen LogP contribution >= 0.6 is 0 Å². The van der Waals surface area contributed by atoms with Crippen molar-refractivity contribution in [2.45, 2.75) is 50.9 Å². The molecule has 1 saturated heterocycles. The van der Waals surface area contributed by atoms with Gasteiger partial charge in [-0.3, -0.25) is 4.79 Å². The Morgan fingerprint density at radius 2 is 1.85 bits per heavy atom. The first-order chi connectivity index (χ1) is 12.4. The summed E-state index contributed by atoms with van der Waals surface area (Å²) in [7, 11) is -3.69. The van der Waals surface area contributed by atoms with E-state index in [1.807, 2.05) is 44.2 Å². The van der Waals surface area contributed by atoms with E-state index in [4.69, 9.17) is 4.52 Å². The maximum absolute atomic E-state index is 12.5. The normalized spacial score (nSPS) is 20.9. The molecule has 140 valence electrons. The number of sulfone groups is 1. The number of carbonyl (C=O) groups excluding carboxylic acids is 1. The maximum Gasteiger partial charge on any atom is 0.242 e. The Morgan fingerprint density at radius 1 is 1.19 bits per heavy atom. The fourth-order valence-corrected chi connectivity index (χ4v) is 4.55. The van der Waals surface area contributed by atoms with Crippen LogP contribution in [0.25, 0.3) is 11.4 Å². The van der Waals surface area contributed by atoms with Crippen LogP contribution in [0.4, 0.5) is 0 Å². The van der Waals surface area contributed by atoms with E-state index in [1.54, 1.807) is 4.90 Å². The van der Waals surface area contributed by atoms with Gasteiger partial charge in [0.1, 0.15) is 11.5 Å². The zero-order valence-electron chi connectivity index (χ0n) is 15.0. The fourth-order valence-electron chi connectivity index (χ4n) is 3.43. The van der Waals surface area contributed by atoms with Gasteiger partial charge in [-0.2, -0.15) is 4.98 Å². The summed E-state index contributed by atoms with van der Waals surface area (Å²) >= 11 is 0. The van der Waals surface area contributed by atoms with Crippen LogP contribution in [0.1, 0.15) is 39.0 Å². The third-order valence-electron chi connectivity index (χ3n) is 4.67. The summed E-state index contributed by atoms with van der Waals surface area (Å²) in [6.07, 6.45) is 2.86. The average molecular weight is 377 g/mol. The average Bonchev–Trinajstić information content (AvgIpc) is 3.02. The van der Waals surface area contributed by atoms with Gasteiger partial charge in [0.2, 0.25) is 17.6 Å². The lowest BCUT2D eigenvalue weighted by atomic mass is 9.98. The summed E-state index contributed by atoms with van der Waals surface area (Å²) in [5.41, 5.74) is 0.743. The van der Waals surface area contributed by atoms with Crippen LogP contribution < -0.4 is 0 Å². The monoisotopic (exact) mass is 377 g/mol. The van der Waals surface area contributed by atoms with E-state index >= 15 is 0 Å². The third kappa shape index (κ3) is 4.30. The van der Waals surface area contributed by atoms with Crippen LogP contribution in [0.2, 0.25) is 0 Å². The van der Waals surface area contributed by atoms with E-state index in [0.717, 1.165) is 24.8 Å². The molecule has 0 spiro atoms. The number of rotatable bonds is 5. The van der Waals surface area contributed by atoms with Crippen molar-refractivity contribution in [2.75, 3.05) is 5.75 Å². The highest BCUT2D eigenvalue weighted by Gasteiger charge is 2.32. The van der Waals surface area contributed by atoms with Crippen molar-refractivity contribution < 1.29 is 17.7 Å². The smallest absolute Gasteiger partial charge is 0.242 e. The van der Waals surface area contributed by atoms with Gasteiger partial charge in [-0.05, 0) is 33.1 Å². The van der Waals surface area contributed by atoms with E-state index < -0.39 is 21.3 Å². The second-order valence-electron chi connectivity index (χ2n) is 6.84. The zero-order valence-corrected chi connectivity index (χ0v) is 15.8. The lowest BCUT2D eigenvalue weighted by molar-refractivity contribution is -0.134. The number of carbonyl (C=O) groups is 1. The van der Waals surface area contributed by atoms with E-state index in [9.17, 15) is 13.2 Å². The van der Waals surface area contributed by atoms with E-state index in [0.29, 0.717) is 5.82 Å². The predicted molar refractivity (Wildman–Crippen MR) is 96.8 cm³/mol. The summed E-state index contributed by atoms with van der Waals surface area (Å²) in [4.78, 5) is 18.4. The number of likely N-dealkylation sites (tertiary alicyclic amines) is 1. The number of nitrogens with zero attached hydrogens (tertiary/aromatic N) is 3. The van der Waals surface area contributed by atoms with Gasteiger partial charge in [-0.15, -0.1) is 0 Å². The molecule has 1 aromatic carbocycles. The molecule has 0 bridgehead atoms. The summed E-state index contributed by atoms with van der Waals surface area (Å²) in [5, 5.41) is 3.82. The standard InChI is InChI=1S/C18H23N3O4S/c1-13-7-6-8-14(2)21(13)17(22)12-26(23,24)11-16-19-18(20-25-16)15-9-4-3-5-10-15/h3-5,9-10,13-14H,6-8,11-12H2,1-2H3/t13-,14-/m1/s1. The Bertz CT molecular complexity index is 854. The molecule has 0 radical (unpaired) electrons. The summed E-state index contributed by atoms with van der Waals surface area (Å²) in [6, 6.07) is 9.29. The highest BCUT2D eigenvalue weighted by Crippen LogP contribution is 2.23. The Balaban J connectivity index is 1.67. The third-order valence-corrected chi connectivity index (χ3v) is 6.04. The van der Waals surface area contributed by atoms with E-state index in [-0.39, 0.29) is 23.9 Å². The van der Waals surface area contributed by atoms with Gasteiger partial charge < -0.3 is 9.42 Å². The minimum atomic E-state index is -3.69. The summed E-state index contributed by atoms with van der Waals surface area (Å²) in [6.45, 7) is 3.93. The number of hydrogen-bond donors (Lipinski definition) is 0. The number of aromatic nitrogens is 2. The largest absolute Gasteiger partial charge is 0.338 e. The van der Waals surface area contributed by atoms with Gasteiger partial charge in [0, 0.05) is 17.6 Å². The van der Waals surface area contributed by atoms with Gasteiger partial charge in [0.25, 0.3) is 0 Å². The fraction of sp³-hybridized carbons (Fsp3) is 0.500. The van der Waals surface area contributed by atoms with Crippen LogP contribution in [-0.2, 0) is 20.4 Å². The maximum atomic E-state index is 12.5. The first-order valence-electron chi connectivity index (χ1n) is 8.75. The molecule has 3 rings (SSSR count). The van der Waals surface area contributed by atoms with Crippen molar-refractivity contribution in [1.29, 1.82) is 0 Å². The quantitative estimate of drug-likeness (QED) is 0.794. The molecule has 1 aliphatic rings. The Labute approximate surface area is 153 Å². The van der Waals surface area contributed by atoms with E-state index in [1.165, 1.54) is 0 Å². The predicted octanol–water partition coefficient (Wildman–Crippen LogP) is 2.44. The molecule has 2 aromatic rings. The molecule has 1 amide bonds. The summed E-state index contributed by atoms with van der Waals surface area (Å²) < 4.78 is 29.9. The highest BCUT2D eigenvalue weighted by molar-refractivity contribution is 7.91. The Morgan fingerprint density at radius 3 is 2.50 bits per heavy atom. The molecule has 1 aromatic heterocycles. The van der Waals surface area contributed by atoms with Crippen molar-refractivity contribution in [2.24, 2.45) is 0 Å². The Hall–Kier alpha value is -2.22. The van der Waals surface area contributed by atoms with Crippen LogP contribution in [0.3, 0.4) is 0 Å². The molecule has 7 nitrogen and oxygen atoms in total. The minimum absolute atomic E-state index is 0.00334. The molecule has 0 aliphatic carbocycles. The molecule has 2 atom stereocenters. The molecule has 1 fully saturated rings. The second-order valence-corrected chi connectivity index (χ2v) is 8.90. The first-order valence-corrected chi connectivity index (χ1v) is 10.6. The molecule has 26 heavy (non-hydrogen) atoms. The number of amides is 1. The molecule has 0 saturated carbocycles. The number of benzene rings is 1. The van der Waals surface area contributed by atoms with Gasteiger partial charge >= 0.3 is 0 Å². The lowest BCUT2D eigenvalue weighted by Crippen LogP contribution is -2.49. The van der Waals surface area contributed by atoms with E-state index in [2.05, 4.69) is 10.1 Å². The number of piperidine rings is 1. The van der Waals surface area contributed by atoms with Gasteiger partial charge in [-0.1, -0.05) is 35.5 Å². The molecule has 2 heterocycles. The van der Waals surface area contributed by atoms with Gasteiger partial charge in [0.15, 0.2) is 9.84 Å². The summed E-state index contributed by atoms with van der Waals surface area (Å²) in [5.74, 6) is -0.996. The first kappa shape index (κ1) is 18.6. The van der Waals surface area contributed by atoms with Crippen LogP contribution in [0, 0.1) is 0 Å². The topological polar surface area (TPSA) is 93.4 Å². The van der Waals surface area contributed by atoms with Gasteiger partial charge in [-0.25, -0.2) is 8.42 Å². The molecular formula is C18H23N3O4S. The molecule has 1 aliphatic heterocycles.